The van der Waals surface area contributed by atoms with Crippen LogP contribution in [0, 0.1) is 5.92 Å². The molecule has 0 bridgehead atoms. The van der Waals surface area contributed by atoms with Gasteiger partial charge in [-0.2, -0.15) is 0 Å². The SMILES string of the molecule is COc1cccc(CNC(=O)c2cc(C(=O)NCc3ccc(C(=O)NCC4CCNCC4)cc3)ncn2)c1. The number of ether oxygens (including phenoxy) is 1. The van der Waals surface area contributed by atoms with Crippen molar-refractivity contribution in [1.82, 2.24) is 31.2 Å². The van der Waals surface area contributed by atoms with Crippen molar-refractivity contribution in [3.63, 3.8) is 0 Å². The molecule has 38 heavy (non-hydrogen) atoms. The van der Waals surface area contributed by atoms with E-state index >= 15 is 0 Å². The van der Waals surface area contributed by atoms with Gasteiger partial charge < -0.3 is 26.0 Å². The van der Waals surface area contributed by atoms with Gasteiger partial charge in [-0.25, -0.2) is 9.97 Å². The van der Waals surface area contributed by atoms with Crippen LogP contribution in [0.1, 0.15) is 55.3 Å². The van der Waals surface area contributed by atoms with Crippen molar-refractivity contribution in [3.8, 4) is 5.75 Å². The van der Waals surface area contributed by atoms with Gasteiger partial charge in [0.2, 0.25) is 0 Å². The van der Waals surface area contributed by atoms with Crippen molar-refractivity contribution in [2.75, 3.05) is 26.7 Å². The molecule has 1 aromatic heterocycles. The first-order chi connectivity index (χ1) is 18.5. The summed E-state index contributed by atoms with van der Waals surface area (Å²) in [5.41, 5.74) is 2.45. The zero-order valence-electron chi connectivity index (χ0n) is 21.3. The summed E-state index contributed by atoms with van der Waals surface area (Å²) in [6, 6.07) is 15.8. The summed E-state index contributed by atoms with van der Waals surface area (Å²) in [4.78, 5) is 45.6. The summed E-state index contributed by atoms with van der Waals surface area (Å²) < 4.78 is 5.19. The predicted octanol–water partition coefficient (Wildman–Crippen LogP) is 2.07. The lowest BCUT2D eigenvalue weighted by Gasteiger charge is -2.22. The fraction of sp³-hybridized carbons (Fsp3) is 0.321. The largest absolute Gasteiger partial charge is 0.497 e. The van der Waals surface area contributed by atoms with Crippen LogP contribution in [0.15, 0.2) is 60.9 Å². The first-order valence-corrected chi connectivity index (χ1v) is 12.6. The molecule has 0 spiro atoms. The number of benzene rings is 2. The molecule has 10 nitrogen and oxygen atoms in total. The van der Waals surface area contributed by atoms with Gasteiger partial charge in [0.15, 0.2) is 0 Å². The fourth-order valence-corrected chi connectivity index (χ4v) is 4.13. The molecule has 0 unspecified atom stereocenters. The van der Waals surface area contributed by atoms with E-state index in [0.717, 1.165) is 37.1 Å². The predicted molar refractivity (Wildman–Crippen MR) is 142 cm³/mol. The summed E-state index contributed by atoms with van der Waals surface area (Å²) in [5, 5.41) is 11.9. The number of piperidine rings is 1. The molecule has 1 aliphatic rings. The fourth-order valence-electron chi connectivity index (χ4n) is 4.13. The molecule has 4 N–H and O–H groups in total. The van der Waals surface area contributed by atoms with Gasteiger partial charge in [-0.1, -0.05) is 24.3 Å². The lowest BCUT2D eigenvalue weighted by molar-refractivity contribution is 0.0932. The van der Waals surface area contributed by atoms with E-state index in [1.54, 1.807) is 31.4 Å². The third-order valence-corrected chi connectivity index (χ3v) is 6.40. The number of aromatic nitrogens is 2. The number of methoxy groups -OCH3 is 1. The average Bonchev–Trinajstić information content (AvgIpc) is 2.98. The summed E-state index contributed by atoms with van der Waals surface area (Å²) >= 11 is 0. The lowest BCUT2D eigenvalue weighted by atomic mass is 9.98. The first kappa shape index (κ1) is 26.7. The van der Waals surface area contributed by atoms with Crippen molar-refractivity contribution >= 4 is 17.7 Å². The Balaban J connectivity index is 1.25. The van der Waals surface area contributed by atoms with Gasteiger partial charge in [0.05, 0.1) is 7.11 Å². The van der Waals surface area contributed by atoms with Gasteiger partial charge in [-0.3, -0.25) is 14.4 Å². The zero-order chi connectivity index (χ0) is 26.7. The Labute approximate surface area is 221 Å². The minimum Gasteiger partial charge on any atom is -0.497 e. The standard InChI is InChI=1S/C28H32N6O4/c1-38-23-4-2-3-21(13-23)17-32-28(37)25-14-24(33-18-34-25)27(36)31-15-19-5-7-22(8-6-19)26(35)30-16-20-9-11-29-12-10-20/h2-8,13-14,18,20,29H,9-12,15-17H2,1H3,(H,30,35)(H,31,36)(H,32,37). The highest BCUT2D eigenvalue weighted by Crippen LogP contribution is 2.13. The van der Waals surface area contributed by atoms with Gasteiger partial charge >= 0.3 is 0 Å². The Bertz CT molecular complexity index is 1260. The monoisotopic (exact) mass is 516 g/mol. The number of rotatable bonds is 10. The Morgan fingerprint density at radius 3 is 2.16 bits per heavy atom. The van der Waals surface area contributed by atoms with Gasteiger partial charge in [0, 0.05) is 31.3 Å². The number of hydrogen-bond acceptors (Lipinski definition) is 7. The molecular weight excluding hydrogens is 484 g/mol. The highest BCUT2D eigenvalue weighted by Gasteiger charge is 2.15. The average molecular weight is 517 g/mol. The Hall–Kier alpha value is -4.31. The van der Waals surface area contributed by atoms with Crippen LogP contribution >= 0.6 is 0 Å². The van der Waals surface area contributed by atoms with Gasteiger partial charge in [-0.15, -0.1) is 0 Å². The second-order valence-electron chi connectivity index (χ2n) is 9.11. The van der Waals surface area contributed by atoms with E-state index in [2.05, 4.69) is 31.2 Å². The Kier molecular flexibility index (Phi) is 9.36. The minimum absolute atomic E-state index is 0.0837. The smallest absolute Gasteiger partial charge is 0.270 e. The molecule has 0 aliphatic carbocycles. The number of nitrogens with one attached hydrogen (secondary N) is 4. The molecule has 1 saturated heterocycles. The van der Waals surface area contributed by atoms with Crippen LogP contribution in [-0.2, 0) is 13.1 Å². The van der Waals surface area contributed by atoms with E-state index in [1.807, 2.05) is 24.3 Å². The van der Waals surface area contributed by atoms with E-state index in [0.29, 0.717) is 23.8 Å². The van der Waals surface area contributed by atoms with Gasteiger partial charge in [0.1, 0.15) is 23.5 Å². The lowest BCUT2D eigenvalue weighted by Crippen LogP contribution is -2.35. The Morgan fingerprint density at radius 2 is 1.50 bits per heavy atom. The maximum Gasteiger partial charge on any atom is 0.270 e. The molecule has 10 heteroatoms. The number of carbonyl (C=O) groups is 3. The minimum atomic E-state index is -0.432. The molecule has 3 aromatic rings. The van der Waals surface area contributed by atoms with Crippen LogP contribution in [0.3, 0.4) is 0 Å². The molecule has 1 aliphatic heterocycles. The zero-order valence-corrected chi connectivity index (χ0v) is 21.3. The second-order valence-corrected chi connectivity index (χ2v) is 9.11. The molecule has 2 aromatic carbocycles. The maximum atomic E-state index is 12.6. The number of carbonyl (C=O) groups excluding carboxylic acids is 3. The third-order valence-electron chi connectivity index (χ3n) is 6.40. The van der Waals surface area contributed by atoms with E-state index in [-0.39, 0.29) is 30.4 Å². The first-order valence-electron chi connectivity index (χ1n) is 12.6. The maximum absolute atomic E-state index is 12.6. The van der Waals surface area contributed by atoms with Crippen LogP contribution in [-0.4, -0.2) is 54.4 Å². The Morgan fingerprint density at radius 1 is 0.842 bits per heavy atom. The highest BCUT2D eigenvalue weighted by molar-refractivity contribution is 5.97. The normalized spacial score (nSPS) is 13.4. The van der Waals surface area contributed by atoms with Gasteiger partial charge in [-0.05, 0) is 67.2 Å². The van der Waals surface area contributed by atoms with E-state index in [1.165, 1.54) is 12.4 Å². The van der Waals surface area contributed by atoms with Crippen molar-refractivity contribution in [2.24, 2.45) is 5.92 Å². The van der Waals surface area contributed by atoms with Crippen LogP contribution in [0.5, 0.6) is 5.75 Å². The second kappa shape index (κ2) is 13.3. The van der Waals surface area contributed by atoms with Crippen LogP contribution in [0.25, 0.3) is 0 Å². The van der Waals surface area contributed by atoms with Crippen LogP contribution < -0.4 is 26.0 Å². The summed E-state index contributed by atoms with van der Waals surface area (Å²) in [6.45, 7) is 3.20. The molecule has 2 heterocycles. The van der Waals surface area contributed by atoms with Crippen molar-refractivity contribution in [2.45, 2.75) is 25.9 Å². The summed E-state index contributed by atoms with van der Waals surface area (Å²) in [6.07, 6.45) is 3.33. The molecule has 1 fully saturated rings. The molecule has 0 atom stereocenters. The van der Waals surface area contributed by atoms with Crippen molar-refractivity contribution in [3.05, 3.63) is 89.0 Å². The van der Waals surface area contributed by atoms with Crippen LogP contribution in [0.2, 0.25) is 0 Å². The molecule has 0 radical (unpaired) electrons. The van der Waals surface area contributed by atoms with E-state index < -0.39 is 11.8 Å². The number of nitrogens with zero attached hydrogens (tertiary/aromatic N) is 2. The molecule has 3 amide bonds. The highest BCUT2D eigenvalue weighted by atomic mass is 16.5. The molecule has 0 saturated carbocycles. The summed E-state index contributed by atoms with van der Waals surface area (Å²) in [5.74, 6) is 0.257. The van der Waals surface area contributed by atoms with Crippen molar-refractivity contribution in [1.29, 1.82) is 0 Å². The molecular formula is C28H32N6O4. The van der Waals surface area contributed by atoms with E-state index in [4.69, 9.17) is 4.74 Å². The molecule has 198 valence electrons. The molecule has 4 rings (SSSR count). The number of hydrogen-bond donors (Lipinski definition) is 4. The topological polar surface area (TPSA) is 134 Å². The van der Waals surface area contributed by atoms with Crippen LogP contribution in [0.4, 0.5) is 0 Å². The number of amides is 3. The van der Waals surface area contributed by atoms with Gasteiger partial charge in [0.25, 0.3) is 17.7 Å². The van der Waals surface area contributed by atoms with Crippen molar-refractivity contribution < 1.29 is 19.1 Å². The summed E-state index contributed by atoms with van der Waals surface area (Å²) in [7, 11) is 1.58. The van der Waals surface area contributed by atoms with E-state index in [9.17, 15) is 14.4 Å². The third kappa shape index (κ3) is 7.59. The quantitative estimate of drug-likeness (QED) is 0.324.